The van der Waals surface area contributed by atoms with Crippen LogP contribution < -0.4 is 4.90 Å². The fourth-order valence-electron chi connectivity index (χ4n) is 8.95. The predicted octanol–water partition coefficient (Wildman–Crippen LogP) is 15.8. The molecule has 4 nitrogen and oxygen atoms in total. The highest BCUT2D eigenvalue weighted by Crippen LogP contribution is 2.45. The summed E-state index contributed by atoms with van der Waals surface area (Å²) in [5, 5.41) is 3.38. The maximum atomic E-state index is 6.64. The summed E-state index contributed by atoms with van der Waals surface area (Å²) in [6.07, 6.45) is 1.87. The van der Waals surface area contributed by atoms with E-state index in [4.69, 9.17) is 9.40 Å². The standard InChI is InChI=1S/C57H43N3O/c1-57(2,3)41-26-22-40(23-27-41)51-37-45(34-35-46(51)48-17-11-18-49-47-15-8-10-21-54(47)61-56(48)49)59(42-28-24-39(25-29-42)38-13-5-4-6-14-38)43-30-32-44(33-31-43)60-52-19-9-7-16-50(52)55-53(60)20-12-36-58-55/h4-37H,1-3H3. The molecule has 0 saturated carbocycles. The van der Waals surface area contributed by atoms with Crippen molar-refractivity contribution in [1.29, 1.82) is 0 Å². The lowest BCUT2D eigenvalue weighted by molar-refractivity contribution is 0.590. The summed E-state index contributed by atoms with van der Waals surface area (Å²) in [6.45, 7) is 6.79. The summed E-state index contributed by atoms with van der Waals surface area (Å²) in [4.78, 5) is 7.15. The van der Waals surface area contributed by atoms with Crippen LogP contribution in [0.15, 0.2) is 211 Å². The molecule has 3 aromatic heterocycles. The van der Waals surface area contributed by atoms with E-state index in [1.54, 1.807) is 0 Å². The highest BCUT2D eigenvalue weighted by atomic mass is 16.3. The lowest BCUT2D eigenvalue weighted by Crippen LogP contribution is -2.11. The third-order valence-electron chi connectivity index (χ3n) is 12.0. The maximum absolute atomic E-state index is 6.64. The van der Waals surface area contributed by atoms with Crippen molar-refractivity contribution in [2.75, 3.05) is 4.90 Å². The minimum Gasteiger partial charge on any atom is -0.455 e. The Labute approximate surface area is 355 Å². The Morgan fingerprint density at radius 3 is 1.85 bits per heavy atom. The minimum absolute atomic E-state index is 0.0354. The summed E-state index contributed by atoms with van der Waals surface area (Å²) in [6, 6.07) is 71.9. The van der Waals surface area contributed by atoms with E-state index in [1.165, 1.54) is 16.7 Å². The van der Waals surface area contributed by atoms with E-state index in [-0.39, 0.29) is 5.41 Å². The van der Waals surface area contributed by atoms with Gasteiger partial charge in [-0.05, 0) is 112 Å². The third kappa shape index (κ3) is 6.36. The van der Waals surface area contributed by atoms with Gasteiger partial charge in [0.05, 0.1) is 16.6 Å². The Hall–Kier alpha value is -7.69. The average molecular weight is 786 g/mol. The molecule has 11 rings (SSSR count). The number of rotatable bonds is 7. The molecule has 0 bridgehead atoms. The van der Waals surface area contributed by atoms with Crippen molar-refractivity contribution < 1.29 is 4.42 Å². The summed E-state index contributed by atoms with van der Waals surface area (Å²) in [5.74, 6) is 0. The molecule has 3 heterocycles. The van der Waals surface area contributed by atoms with Gasteiger partial charge >= 0.3 is 0 Å². The van der Waals surface area contributed by atoms with Crippen molar-refractivity contribution in [3.63, 3.8) is 0 Å². The van der Waals surface area contributed by atoms with Crippen LogP contribution in [0.2, 0.25) is 0 Å². The highest BCUT2D eigenvalue weighted by Gasteiger charge is 2.21. The van der Waals surface area contributed by atoms with Crippen LogP contribution in [-0.2, 0) is 5.41 Å². The van der Waals surface area contributed by atoms with Crippen LogP contribution in [0.5, 0.6) is 0 Å². The van der Waals surface area contributed by atoms with Crippen LogP contribution in [0.1, 0.15) is 26.3 Å². The summed E-state index contributed by atoms with van der Waals surface area (Å²) < 4.78 is 8.95. The van der Waals surface area contributed by atoms with E-state index in [9.17, 15) is 0 Å². The quantitative estimate of drug-likeness (QED) is 0.161. The van der Waals surface area contributed by atoms with E-state index in [1.807, 2.05) is 18.3 Å². The second-order valence-corrected chi connectivity index (χ2v) is 16.8. The molecule has 0 aliphatic rings. The highest BCUT2D eigenvalue weighted by molar-refractivity contribution is 6.11. The van der Waals surface area contributed by atoms with Crippen molar-refractivity contribution in [3.8, 4) is 39.1 Å². The van der Waals surface area contributed by atoms with E-state index in [2.05, 4.69) is 218 Å². The number of furan rings is 1. The van der Waals surface area contributed by atoms with Crippen LogP contribution in [0, 0.1) is 0 Å². The van der Waals surface area contributed by atoms with Crippen LogP contribution in [0.25, 0.3) is 82.9 Å². The van der Waals surface area contributed by atoms with Crippen LogP contribution in [-0.4, -0.2) is 9.55 Å². The van der Waals surface area contributed by atoms with Crippen molar-refractivity contribution in [2.45, 2.75) is 26.2 Å². The Morgan fingerprint density at radius 1 is 0.459 bits per heavy atom. The summed E-state index contributed by atoms with van der Waals surface area (Å²) in [7, 11) is 0. The van der Waals surface area contributed by atoms with Gasteiger partial charge in [0.15, 0.2) is 0 Å². The van der Waals surface area contributed by atoms with Gasteiger partial charge in [-0.3, -0.25) is 4.98 Å². The Bertz CT molecular complexity index is 3320. The second kappa shape index (κ2) is 14.5. The van der Waals surface area contributed by atoms with Crippen molar-refractivity contribution >= 4 is 60.9 Å². The Morgan fingerprint density at radius 2 is 1.08 bits per heavy atom. The average Bonchev–Trinajstić information content (AvgIpc) is 3.86. The first kappa shape index (κ1) is 36.4. The van der Waals surface area contributed by atoms with Crippen molar-refractivity contribution in [3.05, 3.63) is 212 Å². The second-order valence-electron chi connectivity index (χ2n) is 16.8. The Balaban J connectivity index is 1.10. The van der Waals surface area contributed by atoms with Crippen LogP contribution >= 0.6 is 0 Å². The third-order valence-corrected chi connectivity index (χ3v) is 12.0. The molecule has 292 valence electrons. The zero-order chi connectivity index (χ0) is 41.1. The molecular weight excluding hydrogens is 743 g/mol. The molecule has 0 atom stereocenters. The summed E-state index contributed by atoms with van der Waals surface area (Å²) in [5.41, 5.74) is 17.4. The van der Waals surface area contributed by atoms with Gasteiger partial charge in [0.25, 0.3) is 0 Å². The number of benzene rings is 8. The van der Waals surface area contributed by atoms with Gasteiger partial charge in [-0.25, -0.2) is 0 Å². The molecule has 0 saturated heterocycles. The van der Waals surface area contributed by atoms with Gasteiger partial charge in [0.2, 0.25) is 0 Å². The number of anilines is 3. The largest absolute Gasteiger partial charge is 0.455 e. The first-order valence-corrected chi connectivity index (χ1v) is 20.9. The zero-order valence-corrected chi connectivity index (χ0v) is 34.4. The van der Waals surface area contributed by atoms with E-state index in [0.717, 1.165) is 88.9 Å². The first-order valence-electron chi connectivity index (χ1n) is 20.9. The van der Waals surface area contributed by atoms with Gasteiger partial charge in [0, 0.05) is 50.7 Å². The molecule has 0 unspecified atom stereocenters. The monoisotopic (exact) mass is 785 g/mol. The molecular formula is C57H43N3O. The molecule has 61 heavy (non-hydrogen) atoms. The molecule has 0 spiro atoms. The molecule has 0 radical (unpaired) electrons. The van der Waals surface area contributed by atoms with Gasteiger partial charge in [0.1, 0.15) is 11.2 Å². The van der Waals surface area contributed by atoms with Crippen LogP contribution in [0.4, 0.5) is 17.1 Å². The lowest BCUT2D eigenvalue weighted by atomic mass is 9.85. The van der Waals surface area contributed by atoms with Crippen molar-refractivity contribution in [1.82, 2.24) is 9.55 Å². The normalized spacial score (nSPS) is 11.9. The van der Waals surface area contributed by atoms with Crippen LogP contribution in [0.3, 0.4) is 0 Å². The van der Waals surface area contributed by atoms with Gasteiger partial charge in [-0.2, -0.15) is 0 Å². The van der Waals surface area contributed by atoms with E-state index >= 15 is 0 Å². The molecule has 8 aromatic carbocycles. The smallest absolute Gasteiger partial charge is 0.143 e. The number of pyridine rings is 1. The molecule has 0 fully saturated rings. The predicted molar refractivity (Wildman–Crippen MR) is 256 cm³/mol. The molecule has 0 amide bonds. The number of fused-ring (bicyclic) bond motifs is 6. The molecule has 0 N–H and O–H groups in total. The fourth-order valence-corrected chi connectivity index (χ4v) is 8.95. The lowest BCUT2D eigenvalue weighted by Gasteiger charge is -2.27. The number of nitrogens with zero attached hydrogens (tertiary/aromatic N) is 3. The van der Waals surface area contributed by atoms with Gasteiger partial charge < -0.3 is 13.9 Å². The summed E-state index contributed by atoms with van der Waals surface area (Å²) >= 11 is 0. The number of aromatic nitrogens is 2. The topological polar surface area (TPSA) is 34.2 Å². The van der Waals surface area contributed by atoms with Gasteiger partial charge in [-0.15, -0.1) is 0 Å². The zero-order valence-electron chi connectivity index (χ0n) is 34.4. The molecule has 0 aliphatic heterocycles. The number of hydrogen-bond acceptors (Lipinski definition) is 3. The number of para-hydroxylation sites is 3. The van der Waals surface area contributed by atoms with Crippen molar-refractivity contribution in [2.24, 2.45) is 0 Å². The SMILES string of the molecule is CC(C)(C)c1ccc(-c2cc(N(c3ccc(-c4ccccc4)cc3)c3ccc(-n4c5ccccc5c5ncccc54)cc3)ccc2-c2cccc3c2oc2ccccc23)cc1. The van der Waals surface area contributed by atoms with E-state index < -0.39 is 0 Å². The minimum atomic E-state index is 0.0354. The molecule has 0 aliphatic carbocycles. The number of hydrogen-bond donors (Lipinski definition) is 0. The molecule has 4 heteroatoms. The van der Waals surface area contributed by atoms with Gasteiger partial charge in [-0.1, -0.05) is 148 Å². The first-order chi connectivity index (χ1) is 29.9. The fraction of sp³-hybridized carbons (Fsp3) is 0.0702. The Kier molecular flexibility index (Phi) is 8.68. The van der Waals surface area contributed by atoms with E-state index in [0.29, 0.717) is 0 Å². The maximum Gasteiger partial charge on any atom is 0.143 e. The molecule has 11 aromatic rings.